The van der Waals surface area contributed by atoms with Crippen molar-refractivity contribution in [1.82, 2.24) is 15.2 Å². The second kappa shape index (κ2) is 11.6. The molecular formula is C18H27Cl2N3O2S. The van der Waals surface area contributed by atoms with Crippen LogP contribution in [-0.4, -0.2) is 55.8 Å². The summed E-state index contributed by atoms with van der Waals surface area (Å²) in [4.78, 5) is 6.58. The van der Waals surface area contributed by atoms with E-state index >= 15 is 0 Å². The number of piperazine rings is 1. The number of nitrogens with zero attached hydrogens (tertiary/aromatic N) is 2. The Morgan fingerprint density at radius 3 is 2.50 bits per heavy atom. The molecule has 26 heavy (non-hydrogen) atoms. The Balaban J connectivity index is 0.000000266. The summed E-state index contributed by atoms with van der Waals surface area (Å²) >= 11 is 1.57. The topological polar surface area (TPSA) is 46.6 Å². The van der Waals surface area contributed by atoms with Crippen molar-refractivity contribution in [2.75, 3.05) is 45.9 Å². The van der Waals surface area contributed by atoms with Gasteiger partial charge in [0.15, 0.2) is 5.06 Å². The lowest BCUT2D eigenvalue weighted by Crippen LogP contribution is -2.44. The van der Waals surface area contributed by atoms with Gasteiger partial charge in [-0.2, -0.15) is 0 Å². The van der Waals surface area contributed by atoms with Gasteiger partial charge in [-0.25, -0.2) is 4.98 Å². The lowest BCUT2D eigenvalue weighted by molar-refractivity contribution is 0.193. The van der Waals surface area contributed by atoms with E-state index in [1.54, 1.807) is 11.3 Å². The number of aryl methyl sites for hydroxylation is 1. The van der Waals surface area contributed by atoms with E-state index in [-0.39, 0.29) is 24.8 Å². The number of hydrogen-bond acceptors (Lipinski definition) is 6. The number of fused-ring (bicyclic) bond motifs is 1. The number of benzene rings is 1. The molecule has 4 rings (SSSR count). The van der Waals surface area contributed by atoms with Gasteiger partial charge in [0.2, 0.25) is 0 Å². The molecular weight excluding hydrogens is 393 g/mol. The fraction of sp³-hybridized carbons (Fsp3) is 0.500. The minimum Gasteiger partial charge on any atom is -0.493 e. The Morgan fingerprint density at radius 1 is 1.19 bits per heavy atom. The van der Waals surface area contributed by atoms with E-state index in [2.05, 4.69) is 27.3 Å². The summed E-state index contributed by atoms with van der Waals surface area (Å²) in [6, 6.07) is 6.24. The van der Waals surface area contributed by atoms with E-state index in [4.69, 9.17) is 9.47 Å². The Kier molecular flexibility index (Phi) is 10.3. The predicted octanol–water partition coefficient (Wildman–Crippen LogP) is 3.64. The molecule has 0 bridgehead atoms. The summed E-state index contributed by atoms with van der Waals surface area (Å²) in [5, 5.41) is 4.30. The van der Waals surface area contributed by atoms with Crippen LogP contribution in [0.3, 0.4) is 0 Å². The summed E-state index contributed by atoms with van der Waals surface area (Å²) in [5.41, 5.74) is 5.48. The average Bonchev–Trinajstić information content (AvgIpc) is 3.12. The van der Waals surface area contributed by atoms with Gasteiger partial charge in [-0.3, -0.25) is 4.90 Å². The third-order valence-corrected chi connectivity index (χ3v) is 4.90. The first-order valence-corrected chi connectivity index (χ1v) is 9.39. The Morgan fingerprint density at radius 2 is 1.96 bits per heavy atom. The van der Waals surface area contributed by atoms with Crippen LogP contribution >= 0.6 is 36.2 Å². The predicted molar refractivity (Wildman–Crippen MR) is 113 cm³/mol. The summed E-state index contributed by atoms with van der Waals surface area (Å²) in [6.45, 7) is 11.0. The summed E-state index contributed by atoms with van der Waals surface area (Å²) < 4.78 is 11.0. The lowest BCUT2D eigenvalue weighted by Gasteiger charge is -2.26. The van der Waals surface area contributed by atoms with Gasteiger partial charge in [-0.05, 0) is 31.5 Å². The number of rotatable bonds is 6. The molecule has 146 valence electrons. The first-order chi connectivity index (χ1) is 11.8. The molecule has 5 nitrogen and oxygen atoms in total. The highest BCUT2D eigenvalue weighted by atomic mass is 35.5. The molecule has 3 aliphatic rings. The molecule has 0 radical (unpaired) electrons. The van der Waals surface area contributed by atoms with Gasteiger partial charge < -0.3 is 14.8 Å². The second-order valence-electron chi connectivity index (χ2n) is 5.81. The third kappa shape index (κ3) is 6.59. The summed E-state index contributed by atoms with van der Waals surface area (Å²) in [6.07, 6.45) is 0. The molecule has 1 aliphatic heterocycles. The van der Waals surface area contributed by atoms with E-state index in [9.17, 15) is 0 Å². The van der Waals surface area contributed by atoms with Gasteiger partial charge in [0.1, 0.15) is 12.4 Å². The SMILES string of the molecule is CCOc1ccc2cc1-2.Cc1ncsc1OCCN1CCNCC1.Cl.Cl. The largest absolute Gasteiger partial charge is 0.493 e. The molecule has 8 heteroatoms. The minimum absolute atomic E-state index is 0. The van der Waals surface area contributed by atoms with E-state index in [0.29, 0.717) is 0 Å². The van der Waals surface area contributed by atoms with E-state index < -0.39 is 0 Å². The number of aromatic nitrogens is 1. The second-order valence-corrected chi connectivity index (χ2v) is 6.63. The quantitative estimate of drug-likeness (QED) is 0.660. The van der Waals surface area contributed by atoms with Crippen LogP contribution in [0.2, 0.25) is 0 Å². The molecule has 1 N–H and O–H groups in total. The number of thiazole rings is 1. The Labute approximate surface area is 171 Å². The van der Waals surface area contributed by atoms with Crippen LogP contribution in [0.25, 0.3) is 11.1 Å². The van der Waals surface area contributed by atoms with Crippen LogP contribution < -0.4 is 14.8 Å². The van der Waals surface area contributed by atoms with Crippen molar-refractivity contribution in [1.29, 1.82) is 0 Å². The average molecular weight is 420 g/mol. The minimum atomic E-state index is 0. The van der Waals surface area contributed by atoms with Crippen molar-refractivity contribution in [3.8, 4) is 21.9 Å². The first-order valence-electron chi connectivity index (χ1n) is 8.51. The van der Waals surface area contributed by atoms with Gasteiger partial charge in [0.25, 0.3) is 0 Å². The van der Waals surface area contributed by atoms with Gasteiger partial charge in [-0.1, -0.05) is 17.4 Å². The van der Waals surface area contributed by atoms with Crippen LogP contribution in [0.15, 0.2) is 23.7 Å². The first kappa shape index (κ1) is 23.0. The highest BCUT2D eigenvalue weighted by Gasteiger charge is 2.17. The van der Waals surface area contributed by atoms with E-state index in [1.165, 1.54) is 11.1 Å². The highest BCUT2D eigenvalue weighted by Crippen LogP contribution is 2.43. The number of hydrogen-bond donors (Lipinski definition) is 1. The fourth-order valence-electron chi connectivity index (χ4n) is 2.64. The van der Waals surface area contributed by atoms with Crippen LogP contribution in [0.5, 0.6) is 10.8 Å². The van der Waals surface area contributed by atoms with Crippen molar-refractivity contribution in [2.24, 2.45) is 0 Å². The Hall–Kier alpha value is -1.05. The standard InChI is InChI=1S/C10H17N3OS.C8H8O.2ClH/c1-9-10(15-8-12-9)14-7-6-13-4-2-11-3-5-13;1-2-9-8-4-3-6-5-7(6)8;;/h8,11H,2-7H2,1H3;3-5H,2H2,1H3;2*1H. The molecule has 0 aromatic carbocycles. The third-order valence-electron chi connectivity index (χ3n) is 4.06. The maximum atomic E-state index is 5.67. The Bertz CT molecular complexity index is 664. The molecule has 0 saturated carbocycles. The highest BCUT2D eigenvalue weighted by molar-refractivity contribution is 7.11. The fourth-order valence-corrected chi connectivity index (χ4v) is 3.32. The molecule has 1 saturated heterocycles. The monoisotopic (exact) mass is 419 g/mol. The zero-order valence-corrected chi connectivity index (χ0v) is 17.6. The molecule has 0 unspecified atom stereocenters. The van der Waals surface area contributed by atoms with E-state index in [0.717, 1.165) is 62.4 Å². The number of halogens is 2. The van der Waals surface area contributed by atoms with Gasteiger partial charge in [0.05, 0.1) is 17.8 Å². The van der Waals surface area contributed by atoms with Crippen molar-refractivity contribution >= 4 is 36.2 Å². The van der Waals surface area contributed by atoms with Gasteiger partial charge in [0, 0.05) is 38.3 Å². The molecule has 0 spiro atoms. The zero-order chi connectivity index (χ0) is 16.8. The van der Waals surface area contributed by atoms with Crippen molar-refractivity contribution < 1.29 is 9.47 Å². The molecule has 1 aromatic rings. The summed E-state index contributed by atoms with van der Waals surface area (Å²) in [5.74, 6) is 1.05. The lowest BCUT2D eigenvalue weighted by atomic mass is 10.4. The number of nitrogens with one attached hydrogen (secondary N) is 1. The van der Waals surface area contributed by atoms with Crippen LogP contribution in [0.4, 0.5) is 0 Å². The molecule has 0 amide bonds. The van der Waals surface area contributed by atoms with Gasteiger partial charge in [-0.15, -0.1) is 24.8 Å². The van der Waals surface area contributed by atoms with E-state index in [1.807, 2.05) is 25.4 Å². The number of ether oxygens (including phenoxy) is 2. The summed E-state index contributed by atoms with van der Waals surface area (Å²) in [7, 11) is 0. The molecule has 2 aliphatic carbocycles. The van der Waals surface area contributed by atoms with Crippen LogP contribution in [0.1, 0.15) is 12.6 Å². The van der Waals surface area contributed by atoms with Crippen LogP contribution in [0, 0.1) is 6.92 Å². The van der Waals surface area contributed by atoms with Crippen molar-refractivity contribution in [2.45, 2.75) is 13.8 Å². The molecule has 0 atom stereocenters. The normalized spacial score (nSPS) is 14.2. The van der Waals surface area contributed by atoms with Crippen LogP contribution in [-0.2, 0) is 0 Å². The van der Waals surface area contributed by atoms with Crippen molar-refractivity contribution in [3.63, 3.8) is 0 Å². The van der Waals surface area contributed by atoms with Gasteiger partial charge >= 0.3 is 0 Å². The van der Waals surface area contributed by atoms with Crippen molar-refractivity contribution in [3.05, 3.63) is 29.4 Å². The maximum Gasteiger partial charge on any atom is 0.196 e. The molecule has 1 fully saturated rings. The zero-order valence-electron chi connectivity index (χ0n) is 15.2. The maximum absolute atomic E-state index is 5.67. The molecule has 1 aromatic heterocycles. The smallest absolute Gasteiger partial charge is 0.196 e. The molecule has 2 heterocycles.